The van der Waals surface area contributed by atoms with Crippen molar-refractivity contribution in [1.29, 1.82) is 0 Å². The molecule has 3 rings (SSSR count). The van der Waals surface area contributed by atoms with E-state index in [2.05, 4.69) is 37.2 Å². The van der Waals surface area contributed by atoms with Crippen molar-refractivity contribution in [2.75, 3.05) is 6.54 Å². The fourth-order valence-corrected chi connectivity index (χ4v) is 7.20. The van der Waals surface area contributed by atoms with E-state index < -0.39 is 16.1 Å². The lowest BCUT2D eigenvalue weighted by Crippen LogP contribution is -2.48. The van der Waals surface area contributed by atoms with Crippen LogP contribution in [0.5, 0.6) is 0 Å². The third kappa shape index (κ3) is 4.94. The first-order chi connectivity index (χ1) is 12.8. The van der Waals surface area contributed by atoms with Gasteiger partial charge < -0.3 is 5.32 Å². The molecule has 1 amide bonds. The van der Waals surface area contributed by atoms with Gasteiger partial charge in [-0.15, -0.1) is 11.3 Å². The third-order valence-corrected chi connectivity index (χ3v) is 9.60. The number of nitrogens with one attached hydrogen (secondary N) is 1. The van der Waals surface area contributed by atoms with Crippen molar-refractivity contribution in [2.45, 2.75) is 36.1 Å². The van der Waals surface area contributed by atoms with E-state index in [0.717, 1.165) is 34.2 Å². The van der Waals surface area contributed by atoms with Crippen LogP contribution in [-0.4, -0.2) is 31.2 Å². The molecule has 2 aromatic rings. The van der Waals surface area contributed by atoms with E-state index in [0.29, 0.717) is 21.8 Å². The first-order valence-corrected chi connectivity index (χ1v) is 12.5. The topological polar surface area (TPSA) is 66.5 Å². The number of hydrogen-bond acceptors (Lipinski definition) is 4. The summed E-state index contributed by atoms with van der Waals surface area (Å²) in [4.78, 5) is 12.6. The van der Waals surface area contributed by atoms with Gasteiger partial charge in [-0.05, 0) is 59.0 Å². The van der Waals surface area contributed by atoms with Crippen molar-refractivity contribution in [3.63, 3.8) is 0 Å². The highest BCUT2D eigenvalue weighted by Gasteiger charge is 2.37. The molecule has 1 fully saturated rings. The molecular formula is C17H17Br2ClN2O3S2. The summed E-state index contributed by atoms with van der Waals surface area (Å²) < 4.78 is 30.0. The van der Waals surface area contributed by atoms with Crippen LogP contribution in [-0.2, 0) is 21.4 Å². The molecule has 0 radical (unpaired) electrons. The molecule has 1 unspecified atom stereocenters. The highest BCUT2D eigenvalue weighted by Crippen LogP contribution is 2.37. The van der Waals surface area contributed by atoms with Gasteiger partial charge in [-0.3, -0.25) is 4.79 Å². The van der Waals surface area contributed by atoms with Gasteiger partial charge in [0.15, 0.2) is 0 Å². The molecule has 2 heterocycles. The normalized spacial score (nSPS) is 18.4. The van der Waals surface area contributed by atoms with Gasteiger partial charge in [0.25, 0.3) is 10.0 Å². The van der Waals surface area contributed by atoms with Crippen LogP contribution in [0.2, 0.25) is 4.34 Å². The Labute approximate surface area is 184 Å². The van der Waals surface area contributed by atoms with Crippen LogP contribution in [0.4, 0.5) is 0 Å². The Balaban J connectivity index is 2.02. The molecule has 0 saturated carbocycles. The highest BCUT2D eigenvalue weighted by molar-refractivity contribution is 9.10. The standard InChI is InChI=1S/C17H17Br2ClN2O3S2/c18-12-6-4-11(5-7-12)10-22(14-3-1-2-8-21-17(14)23)27(24,25)15-9-13(19)16(20)26-15/h4-7,9,14H,1-3,8,10H2,(H,21,23). The summed E-state index contributed by atoms with van der Waals surface area (Å²) >= 11 is 13.7. The Hall–Kier alpha value is -0.450. The molecule has 1 saturated heterocycles. The fourth-order valence-electron chi connectivity index (χ4n) is 2.90. The number of carbonyl (C=O) groups is 1. The number of nitrogens with zero attached hydrogens (tertiary/aromatic N) is 1. The van der Waals surface area contributed by atoms with Crippen molar-refractivity contribution in [3.8, 4) is 0 Å². The van der Waals surface area contributed by atoms with Gasteiger partial charge in [0.2, 0.25) is 5.91 Å². The van der Waals surface area contributed by atoms with Gasteiger partial charge in [0.1, 0.15) is 14.6 Å². The van der Waals surface area contributed by atoms with Crippen LogP contribution < -0.4 is 5.32 Å². The molecule has 1 N–H and O–H groups in total. The van der Waals surface area contributed by atoms with Gasteiger partial charge in [-0.25, -0.2) is 8.42 Å². The number of sulfonamides is 1. The zero-order chi connectivity index (χ0) is 19.6. The van der Waals surface area contributed by atoms with E-state index in [4.69, 9.17) is 11.6 Å². The molecule has 0 spiro atoms. The van der Waals surface area contributed by atoms with E-state index in [-0.39, 0.29) is 16.7 Å². The summed E-state index contributed by atoms with van der Waals surface area (Å²) in [6, 6.07) is 8.14. The van der Waals surface area contributed by atoms with Crippen molar-refractivity contribution in [2.24, 2.45) is 0 Å². The van der Waals surface area contributed by atoms with Gasteiger partial charge in [0.05, 0.1) is 0 Å². The Bertz CT molecular complexity index is 913. The molecule has 27 heavy (non-hydrogen) atoms. The minimum absolute atomic E-state index is 0.112. The summed E-state index contributed by atoms with van der Waals surface area (Å²) in [6.07, 6.45) is 2.11. The zero-order valence-corrected chi connectivity index (χ0v) is 19.7. The largest absolute Gasteiger partial charge is 0.355 e. The maximum Gasteiger partial charge on any atom is 0.253 e. The minimum Gasteiger partial charge on any atom is -0.355 e. The second-order valence-electron chi connectivity index (χ2n) is 6.17. The minimum atomic E-state index is -3.89. The van der Waals surface area contributed by atoms with E-state index in [1.165, 1.54) is 10.4 Å². The molecule has 1 atom stereocenters. The molecular weight excluding hydrogens is 540 g/mol. The SMILES string of the molecule is O=C1NCCCCC1N(Cc1ccc(Br)cc1)S(=O)(=O)c1cc(Br)c(Cl)s1. The van der Waals surface area contributed by atoms with E-state index in [9.17, 15) is 13.2 Å². The zero-order valence-electron chi connectivity index (χ0n) is 14.1. The third-order valence-electron chi connectivity index (χ3n) is 4.29. The summed E-state index contributed by atoms with van der Waals surface area (Å²) in [5.41, 5.74) is 0.806. The molecule has 0 bridgehead atoms. The molecule has 10 heteroatoms. The second kappa shape index (κ2) is 8.92. The summed E-state index contributed by atoms with van der Waals surface area (Å²) in [5.74, 6) is -0.255. The molecule has 146 valence electrons. The fraction of sp³-hybridized carbons (Fsp3) is 0.353. The van der Waals surface area contributed by atoms with Crippen molar-refractivity contribution in [1.82, 2.24) is 9.62 Å². The van der Waals surface area contributed by atoms with Crippen molar-refractivity contribution < 1.29 is 13.2 Å². The number of carbonyl (C=O) groups excluding carboxylic acids is 1. The lowest BCUT2D eigenvalue weighted by atomic mass is 10.1. The number of hydrogen-bond donors (Lipinski definition) is 1. The Morgan fingerprint density at radius 3 is 2.56 bits per heavy atom. The lowest BCUT2D eigenvalue weighted by Gasteiger charge is -2.28. The second-order valence-corrected chi connectivity index (χ2v) is 11.7. The monoisotopic (exact) mass is 554 g/mol. The van der Waals surface area contributed by atoms with Crippen LogP contribution in [0.1, 0.15) is 24.8 Å². The van der Waals surface area contributed by atoms with Crippen LogP contribution >= 0.6 is 54.8 Å². The van der Waals surface area contributed by atoms with Crippen molar-refractivity contribution >= 4 is 70.7 Å². The van der Waals surface area contributed by atoms with Crippen LogP contribution in [0, 0.1) is 0 Å². The summed E-state index contributed by atoms with van der Waals surface area (Å²) in [6.45, 7) is 0.679. The molecule has 1 aliphatic heterocycles. The number of halogens is 3. The maximum absolute atomic E-state index is 13.4. The first kappa shape index (κ1) is 21.3. The Morgan fingerprint density at radius 1 is 1.22 bits per heavy atom. The first-order valence-electron chi connectivity index (χ1n) is 8.28. The van der Waals surface area contributed by atoms with Crippen molar-refractivity contribution in [3.05, 3.63) is 49.2 Å². The molecule has 0 aliphatic carbocycles. The Morgan fingerprint density at radius 2 is 1.93 bits per heavy atom. The van der Waals surface area contributed by atoms with E-state index in [1.807, 2.05) is 24.3 Å². The number of amides is 1. The van der Waals surface area contributed by atoms with Crippen LogP contribution in [0.15, 0.2) is 43.5 Å². The van der Waals surface area contributed by atoms with Crippen LogP contribution in [0.3, 0.4) is 0 Å². The number of rotatable bonds is 5. The smallest absolute Gasteiger partial charge is 0.253 e. The highest BCUT2D eigenvalue weighted by atomic mass is 79.9. The van der Waals surface area contributed by atoms with Gasteiger partial charge in [0, 0.05) is 22.0 Å². The number of benzene rings is 1. The quantitative estimate of drug-likeness (QED) is 0.576. The predicted molar refractivity (Wildman–Crippen MR) is 115 cm³/mol. The average molecular weight is 557 g/mol. The molecule has 1 aromatic heterocycles. The Kier molecular flexibility index (Phi) is 7.02. The molecule has 1 aliphatic rings. The predicted octanol–water partition coefficient (Wildman–Crippen LogP) is 4.79. The van der Waals surface area contributed by atoms with Gasteiger partial charge in [-0.2, -0.15) is 4.31 Å². The number of thiophene rings is 1. The summed E-state index contributed by atoms with van der Waals surface area (Å²) in [5, 5.41) is 2.83. The van der Waals surface area contributed by atoms with Gasteiger partial charge >= 0.3 is 0 Å². The summed E-state index contributed by atoms with van der Waals surface area (Å²) in [7, 11) is -3.89. The lowest BCUT2D eigenvalue weighted by molar-refractivity contribution is -0.124. The van der Waals surface area contributed by atoms with Crippen LogP contribution in [0.25, 0.3) is 0 Å². The molecule has 5 nitrogen and oxygen atoms in total. The van der Waals surface area contributed by atoms with Gasteiger partial charge in [-0.1, -0.05) is 39.7 Å². The van der Waals surface area contributed by atoms with E-state index in [1.54, 1.807) is 0 Å². The average Bonchev–Trinajstić information content (AvgIpc) is 2.84. The maximum atomic E-state index is 13.4. The van der Waals surface area contributed by atoms with E-state index >= 15 is 0 Å². The molecule has 1 aromatic carbocycles.